The van der Waals surface area contributed by atoms with Crippen LogP contribution in [0.25, 0.3) is 0 Å². The molecule has 7 heteroatoms. The zero-order valence-electron chi connectivity index (χ0n) is 12.2. The second kappa shape index (κ2) is 8.54. The van der Waals surface area contributed by atoms with Crippen LogP contribution in [0.4, 0.5) is 0 Å². The minimum atomic E-state index is -0.857. The predicted molar refractivity (Wildman–Crippen MR) is 86.9 cm³/mol. The summed E-state index contributed by atoms with van der Waals surface area (Å²) in [5.41, 5.74) is 6.14. The first-order valence-electron chi connectivity index (χ1n) is 6.53. The number of carbonyl (C=O) groups excluding carboxylic acids is 1. The number of aromatic nitrogens is 1. The van der Waals surface area contributed by atoms with Crippen LogP contribution in [0.5, 0.6) is 0 Å². The average molecular weight is 336 g/mol. The molecule has 1 amide bonds. The maximum absolute atomic E-state index is 11.9. The highest BCUT2D eigenvalue weighted by Crippen LogP contribution is 2.19. The average Bonchev–Trinajstić information content (AvgIpc) is 2.77. The molecular weight excluding hydrogens is 313 g/mol. The van der Waals surface area contributed by atoms with E-state index in [9.17, 15) is 4.79 Å². The number of nitrogens with zero attached hydrogens (tertiary/aromatic N) is 1. The number of halogens is 2. The summed E-state index contributed by atoms with van der Waals surface area (Å²) in [6, 6.07) is 4.01. The van der Waals surface area contributed by atoms with Crippen molar-refractivity contribution in [2.75, 3.05) is 13.2 Å². The molecule has 1 aliphatic heterocycles. The van der Waals surface area contributed by atoms with E-state index < -0.39 is 5.54 Å². The number of hydrogen-bond donors (Lipinski definition) is 2. The first kappa shape index (κ1) is 20.1. The quantitative estimate of drug-likeness (QED) is 0.870. The summed E-state index contributed by atoms with van der Waals surface area (Å²) in [5, 5.41) is 2.98. The Morgan fingerprint density at radius 2 is 2.00 bits per heavy atom. The Bertz CT molecular complexity index is 438. The molecule has 1 aliphatic rings. The molecule has 2 heterocycles. The highest BCUT2D eigenvalue weighted by Gasteiger charge is 2.32. The molecule has 1 aromatic rings. The number of rotatable bonds is 4. The molecule has 0 spiro atoms. The summed E-state index contributed by atoms with van der Waals surface area (Å²) in [6.07, 6.45) is 4.43. The van der Waals surface area contributed by atoms with Crippen molar-refractivity contribution < 1.29 is 9.53 Å². The van der Waals surface area contributed by atoms with E-state index in [4.69, 9.17) is 10.5 Å². The number of carbonyl (C=O) groups is 1. The Morgan fingerprint density at radius 1 is 1.38 bits per heavy atom. The van der Waals surface area contributed by atoms with E-state index >= 15 is 0 Å². The monoisotopic (exact) mass is 335 g/mol. The van der Waals surface area contributed by atoms with Crippen molar-refractivity contribution in [1.82, 2.24) is 10.3 Å². The van der Waals surface area contributed by atoms with Crippen molar-refractivity contribution in [1.29, 1.82) is 0 Å². The van der Waals surface area contributed by atoms with Crippen molar-refractivity contribution in [2.45, 2.75) is 31.8 Å². The van der Waals surface area contributed by atoms with E-state index in [1.165, 1.54) is 5.56 Å². The molecule has 0 unspecified atom stereocenters. The Hall–Kier alpha value is -0.880. The van der Waals surface area contributed by atoms with Gasteiger partial charge in [0.2, 0.25) is 5.91 Å². The third kappa shape index (κ3) is 5.79. The summed E-state index contributed by atoms with van der Waals surface area (Å²) in [4.78, 5) is 15.9. The fraction of sp³-hybridized carbons (Fsp3) is 0.571. The second-order valence-corrected chi connectivity index (χ2v) is 5.66. The van der Waals surface area contributed by atoms with Gasteiger partial charge in [0, 0.05) is 18.3 Å². The first-order chi connectivity index (χ1) is 8.97. The summed E-state index contributed by atoms with van der Waals surface area (Å²) in [6.45, 7) is 4.63. The van der Waals surface area contributed by atoms with Crippen LogP contribution in [0.1, 0.15) is 19.4 Å². The lowest BCUT2D eigenvalue weighted by molar-refractivity contribution is -0.126. The molecule has 2 atom stereocenters. The van der Waals surface area contributed by atoms with Gasteiger partial charge in [-0.25, -0.2) is 0 Å². The summed E-state index contributed by atoms with van der Waals surface area (Å²) >= 11 is 0. The lowest BCUT2D eigenvalue weighted by Gasteiger charge is -2.24. The molecule has 2 rings (SSSR count). The number of pyridine rings is 1. The Labute approximate surface area is 137 Å². The summed E-state index contributed by atoms with van der Waals surface area (Å²) < 4.78 is 5.48. The zero-order chi connectivity index (χ0) is 13.9. The van der Waals surface area contributed by atoms with Gasteiger partial charge in [-0.3, -0.25) is 9.78 Å². The fourth-order valence-electron chi connectivity index (χ4n) is 2.14. The smallest absolute Gasteiger partial charge is 0.239 e. The summed E-state index contributed by atoms with van der Waals surface area (Å²) in [5.74, 6) is 0.149. The van der Waals surface area contributed by atoms with Crippen LogP contribution in [-0.2, 0) is 16.0 Å². The summed E-state index contributed by atoms with van der Waals surface area (Å²) in [7, 11) is 0. The van der Waals surface area contributed by atoms with Crippen molar-refractivity contribution in [3.8, 4) is 0 Å². The highest BCUT2D eigenvalue weighted by molar-refractivity contribution is 5.86. The van der Waals surface area contributed by atoms with Crippen LogP contribution >= 0.6 is 24.8 Å². The molecule has 5 nitrogen and oxygen atoms in total. The largest absolute Gasteiger partial charge is 0.379 e. The molecular formula is C14H23Cl2N3O2. The van der Waals surface area contributed by atoms with E-state index in [2.05, 4.69) is 10.3 Å². The standard InChI is InChI=1S/C14H21N3O2.2ClH/c1-14(2,15)13(18)17-12-9-19-8-11(12)7-10-3-5-16-6-4-10;;/h3-6,11-12H,7-9,15H2,1-2H3,(H,17,18);2*1H/t11-,12-;;/m1../s1. The van der Waals surface area contributed by atoms with Gasteiger partial charge in [-0.2, -0.15) is 0 Å². The van der Waals surface area contributed by atoms with Gasteiger partial charge in [0.1, 0.15) is 0 Å². The molecule has 0 aliphatic carbocycles. The van der Waals surface area contributed by atoms with Gasteiger partial charge in [0.15, 0.2) is 0 Å². The topological polar surface area (TPSA) is 77.2 Å². The maximum atomic E-state index is 11.9. The van der Waals surface area contributed by atoms with E-state index in [-0.39, 0.29) is 42.7 Å². The molecule has 0 aromatic carbocycles. The molecule has 0 bridgehead atoms. The Balaban J connectivity index is 0.00000200. The van der Waals surface area contributed by atoms with E-state index in [1.807, 2.05) is 12.1 Å². The van der Waals surface area contributed by atoms with Gasteiger partial charge >= 0.3 is 0 Å². The lowest BCUT2D eigenvalue weighted by atomic mass is 9.94. The van der Waals surface area contributed by atoms with Gasteiger partial charge in [-0.05, 0) is 38.0 Å². The van der Waals surface area contributed by atoms with Gasteiger partial charge in [-0.15, -0.1) is 24.8 Å². The molecule has 0 radical (unpaired) electrons. The lowest BCUT2D eigenvalue weighted by Crippen LogP contribution is -2.53. The highest BCUT2D eigenvalue weighted by atomic mass is 35.5. The van der Waals surface area contributed by atoms with Gasteiger partial charge in [0.05, 0.1) is 24.8 Å². The molecule has 21 heavy (non-hydrogen) atoms. The normalized spacial score (nSPS) is 21.1. The minimum absolute atomic E-state index is 0. The SMILES string of the molecule is CC(C)(N)C(=O)N[C@@H]1COC[C@H]1Cc1ccncc1.Cl.Cl. The second-order valence-electron chi connectivity index (χ2n) is 5.66. The van der Waals surface area contributed by atoms with E-state index in [0.717, 1.165) is 6.42 Å². The van der Waals surface area contributed by atoms with Crippen LogP contribution in [0.2, 0.25) is 0 Å². The molecule has 1 aromatic heterocycles. The Morgan fingerprint density at radius 3 is 2.57 bits per heavy atom. The van der Waals surface area contributed by atoms with E-state index in [0.29, 0.717) is 13.2 Å². The molecule has 0 saturated carbocycles. The van der Waals surface area contributed by atoms with Crippen LogP contribution in [0, 0.1) is 5.92 Å². The van der Waals surface area contributed by atoms with Crippen LogP contribution < -0.4 is 11.1 Å². The van der Waals surface area contributed by atoms with Crippen molar-refractivity contribution in [3.63, 3.8) is 0 Å². The zero-order valence-corrected chi connectivity index (χ0v) is 13.9. The number of ether oxygens (including phenoxy) is 1. The molecule has 1 fully saturated rings. The fourth-order valence-corrected chi connectivity index (χ4v) is 2.14. The van der Waals surface area contributed by atoms with Crippen molar-refractivity contribution in [2.24, 2.45) is 11.7 Å². The maximum Gasteiger partial charge on any atom is 0.239 e. The van der Waals surface area contributed by atoms with Gasteiger partial charge < -0.3 is 15.8 Å². The van der Waals surface area contributed by atoms with Crippen LogP contribution in [0.3, 0.4) is 0 Å². The Kier molecular flexibility index (Phi) is 8.18. The number of amides is 1. The van der Waals surface area contributed by atoms with Crippen molar-refractivity contribution in [3.05, 3.63) is 30.1 Å². The van der Waals surface area contributed by atoms with Gasteiger partial charge in [0.25, 0.3) is 0 Å². The van der Waals surface area contributed by atoms with Crippen molar-refractivity contribution >= 4 is 30.7 Å². The number of nitrogens with two attached hydrogens (primary N) is 1. The van der Waals surface area contributed by atoms with Gasteiger partial charge in [-0.1, -0.05) is 0 Å². The van der Waals surface area contributed by atoms with Crippen LogP contribution in [0.15, 0.2) is 24.5 Å². The predicted octanol–water partition coefficient (Wildman–Crippen LogP) is 1.34. The first-order valence-corrected chi connectivity index (χ1v) is 6.53. The third-order valence-corrected chi connectivity index (χ3v) is 3.35. The number of nitrogens with one attached hydrogen (secondary N) is 1. The molecule has 1 saturated heterocycles. The molecule has 120 valence electrons. The third-order valence-electron chi connectivity index (χ3n) is 3.35. The molecule has 3 N–H and O–H groups in total. The number of hydrogen-bond acceptors (Lipinski definition) is 4. The van der Waals surface area contributed by atoms with Crippen LogP contribution in [-0.4, -0.2) is 35.7 Å². The minimum Gasteiger partial charge on any atom is -0.379 e. The van der Waals surface area contributed by atoms with E-state index in [1.54, 1.807) is 26.2 Å².